The van der Waals surface area contributed by atoms with Gasteiger partial charge in [0.15, 0.2) is 11.5 Å². The Morgan fingerprint density at radius 2 is 1.59 bits per heavy atom. The molecular weight excluding hydrogens is 433 g/mol. The van der Waals surface area contributed by atoms with Gasteiger partial charge in [0.25, 0.3) is 0 Å². The van der Waals surface area contributed by atoms with Crippen molar-refractivity contribution in [3.63, 3.8) is 0 Å². The summed E-state index contributed by atoms with van der Waals surface area (Å²) < 4.78 is 26.9. The Kier molecular flexibility index (Phi) is 6.92. The molecule has 1 amide bonds. The fraction of sp³-hybridized carbons (Fsp3) is 0.185. The van der Waals surface area contributed by atoms with E-state index in [1.54, 1.807) is 28.8 Å². The zero-order valence-electron chi connectivity index (χ0n) is 19.4. The average Bonchev–Trinajstić information content (AvgIpc) is 3.15. The predicted octanol–water partition coefficient (Wildman–Crippen LogP) is 5.67. The summed E-state index contributed by atoms with van der Waals surface area (Å²) in [5, 5.41) is 4.73. The van der Waals surface area contributed by atoms with Gasteiger partial charge in [-0.05, 0) is 48.9 Å². The smallest absolute Gasteiger partial charge is 0.228 e. The van der Waals surface area contributed by atoms with Gasteiger partial charge in [-0.2, -0.15) is 5.10 Å². The molecule has 0 unspecified atom stereocenters. The highest BCUT2D eigenvalue weighted by molar-refractivity contribution is 5.73. The second-order valence-electron chi connectivity index (χ2n) is 7.87. The Morgan fingerprint density at radius 1 is 0.941 bits per heavy atom. The third-order valence-electron chi connectivity index (χ3n) is 5.49. The molecule has 0 saturated carbocycles. The quantitative estimate of drug-likeness (QED) is 0.341. The number of benzene rings is 3. The van der Waals surface area contributed by atoms with Gasteiger partial charge in [0, 0.05) is 13.5 Å². The van der Waals surface area contributed by atoms with Gasteiger partial charge in [-0.25, -0.2) is 9.07 Å². The summed E-state index contributed by atoms with van der Waals surface area (Å²) in [4.78, 5) is 14.2. The Balaban J connectivity index is 1.75. The van der Waals surface area contributed by atoms with Crippen LogP contribution in [-0.4, -0.2) is 27.7 Å². The van der Waals surface area contributed by atoms with Gasteiger partial charge in [-0.15, -0.1) is 0 Å². The maximum Gasteiger partial charge on any atom is 0.228 e. The van der Waals surface area contributed by atoms with E-state index < -0.39 is 0 Å². The molecule has 3 aromatic carbocycles. The van der Waals surface area contributed by atoms with Crippen LogP contribution in [0, 0.1) is 12.7 Å². The van der Waals surface area contributed by atoms with Gasteiger partial charge in [0.05, 0.1) is 30.6 Å². The van der Waals surface area contributed by atoms with Crippen molar-refractivity contribution in [1.29, 1.82) is 0 Å². The second kappa shape index (κ2) is 10.2. The molecule has 4 aromatic rings. The van der Waals surface area contributed by atoms with Crippen LogP contribution in [0.25, 0.3) is 5.69 Å². The second-order valence-corrected chi connectivity index (χ2v) is 7.87. The molecule has 0 bridgehead atoms. The number of carbonyl (C=O) groups is 1. The maximum atomic E-state index is 13.3. The zero-order chi connectivity index (χ0) is 24.1. The number of hydrogen-bond acceptors (Lipinski definition) is 4. The Bertz CT molecular complexity index is 1270. The first-order valence-electron chi connectivity index (χ1n) is 10.9. The topological polar surface area (TPSA) is 56.6 Å². The molecule has 34 heavy (non-hydrogen) atoms. The molecule has 0 aliphatic rings. The molecule has 0 radical (unpaired) electrons. The minimum atomic E-state index is -0.314. The lowest BCUT2D eigenvalue weighted by Gasteiger charge is -2.22. The number of aryl methyl sites for hydroxylation is 1. The van der Waals surface area contributed by atoms with Crippen molar-refractivity contribution in [2.45, 2.75) is 26.9 Å². The predicted molar refractivity (Wildman–Crippen MR) is 128 cm³/mol. The number of para-hydroxylation sites is 3. The van der Waals surface area contributed by atoms with Crippen LogP contribution in [-0.2, 0) is 17.9 Å². The highest BCUT2D eigenvalue weighted by Gasteiger charge is 2.23. The number of methoxy groups -OCH3 is 1. The molecule has 174 valence electrons. The summed E-state index contributed by atoms with van der Waals surface area (Å²) in [5.74, 6) is 1.20. The van der Waals surface area contributed by atoms with Crippen LogP contribution in [0.3, 0.4) is 0 Å². The van der Waals surface area contributed by atoms with Crippen molar-refractivity contribution in [2.75, 3.05) is 7.11 Å². The zero-order valence-corrected chi connectivity index (χ0v) is 19.4. The molecule has 6 nitrogen and oxygen atoms in total. The molecule has 1 aromatic heterocycles. The summed E-state index contributed by atoms with van der Waals surface area (Å²) in [6.07, 6.45) is 0. The first-order valence-corrected chi connectivity index (χ1v) is 10.9. The van der Waals surface area contributed by atoms with E-state index in [4.69, 9.17) is 14.6 Å². The number of aromatic nitrogens is 2. The number of amides is 1. The Hall–Kier alpha value is -4.13. The van der Waals surface area contributed by atoms with Gasteiger partial charge in [0.1, 0.15) is 5.82 Å². The number of carbonyl (C=O) groups excluding carboxylic acids is 1. The standard InChI is InChI=1S/C27H26FN3O3/c1-19-24(18-30(20(2)32)17-21-13-15-22(28)16-14-21)27(31(29-19)23-9-5-4-6-10-23)34-26-12-8-7-11-25(26)33-3/h4-16H,17-18H2,1-3H3. The summed E-state index contributed by atoms with van der Waals surface area (Å²) in [7, 11) is 1.59. The maximum absolute atomic E-state index is 13.3. The highest BCUT2D eigenvalue weighted by Crippen LogP contribution is 2.36. The molecule has 0 atom stereocenters. The number of rotatable bonds is 8. The molecule has 0 N–H and O–H groups in total. The van der Waals surface area contributed by atoms with Crippen LogP contribution in [0.15, 0.2) is 78.9 Å². The first-order chi connectivity index (χ1) is 16.5. The van der Waals surface area contributed by atoms with Crippen molar-refractivity contribution < 1.29 is 18.7 Å². The summed E-state index contributed by atoms with van der Waals surface area (Å²) in [5.41, 5.74) is 3.16. The Labute approximate surface area is 198 Å². The number of ether oxygens (including phenoxy) is 2. The summed E-state index contributed by atoms with van der Waals surface area (Å²) >= 11 is 0. The van der Waals surface area contributed by atoms with Crippen LogP contribution >= 0.6 is 0 Å². The van der Waals surface area contributed by atoms with Crippen LogP contribution in [0.5, 0.6) is 17.4 Å². The molecule has 0 saturated heterocycles. The van der Waals surface area contributed by atoms with Crippen molar-refractivity contribution in [3.8, 4) is 23.1 Å². The lowest BCUT2D eigenvalue weighted by atomic mass is 10.1. The van der Waals surface area contributed by atoms with Crippen LogP contribution in [0.4, 0.5) is 4.39 Å². The van der Waals surface area contributed by atoms with E-state index in [1.165, 1.54) is 19.1 Å². The SMILES string of the molecule is COc1ccccc1Oc1c(CN(Cc2ccc(F)cc2)C(C)=O)c(C)nn1-c1ccccc1. The summed E-state index contributed by atoms with van der Waals surface area (Å²) in [6.45, 7) is 4.01. The van der Waals surface area contributed by atoms with Crippen LogP contribution in [0.2, 0.25) is 0 Å². The molecule has 0 aliphatic carbocycles. The molecule has 1 heterocycles. The lowest BCUT2D eigenvalue weighted by molar-refractivity contribution is -0.130. The van der Waals surface area contributed by atoms with Gasteiger partial charge >= 0.3 is 0 Å². The van der Waals surface area contributed by atoms with E-state index >= 15 is 0 Å². The fourth-order valence-electron chi connectivity index (χ4n) is 3.66. The monoisotopic (exact) mass is 459 g/mol. The van der Waals surface area contributed by atoms with Gasteiger partial charge in [0.2, 0.25) is 11.8 Å². The van der Waals surface area contributed by atoms with Crippen molar-refractivity contribution in [1.82, 2.24) is 14.7 Å². The van der Waals surface area contributed by atoms with E-state index in [2.05, 4.69) is 0 Å². The van der Waals surface area contributed by atoms with Gasteiger partial charge < -0.3 is 14.4 Å². The summed E-state index contributed by atoms with van der Waals surface area (Å²) in [6, 6.07) is 23.2. The number of nitrogens with zero attached hydrogens (tertiary/aromatic N) is 3. The fourth-order valence-corrected chi connectivity index (χ4v) is 3.66. The normalized spacial score (nSPS) is 10.7. The lowest BCUT2D eigenvalue weighted by Crippen LogP contribution is -2.28. The van der Waals surface area contributed by atoms with Crippen molar-refractivity contribution >= 4 is 5.91 Å². The van der Waals surface area contributed by atoms with E-state index in [0.717, 1.165) is 22.5 Å². The molecular formula is C27H26FN3O3. The molecule has 0 fully saturated rings. The minimum Gasteiger partial charge on any atom is -0.493 e. The van der Waals surface area contributed by atoms with E-state index in [1.807, 2.05) is 61.5 Å². The van der Waals surface area contributed by atoms with E-state index in [9.17, 15) is 9.18 Å². The van der Waals surface area contributed by atoms with E-state index in [0.29, 0.717) is 23.9 Å². The van der Waals surface area contributed by atoms with Crippen LogP contribution in [0.1, 0.15) is 23.7 Å². The molecule has 4 rings (SSSR count). The minimum absolute atomic E-state index is 0.112. The van der Waals surface area contributed by atoms with Gasteiger partial charge in [-0.1, -0.05) is 42.5 Å². The van der Waals surface area contributed by atoms with Crippen molar-refractivity contribution in [3.05, 3.63) is 102 Å². The van der Waals surface area contributed by atoms with Crippen LogP contribution < -0.4 is 9.47 Å². The molecule has 7 heteroatoms. The third kappa shape index (κ3) is 5.09. The third-order valence-corrected chi connectivity index (χ3v) is 5.49. The number of halogens is 1. The van der Waals surface area contributed by atoms with Crippen molar-refractivity contribution in [2.24, 2.45) is 0 Å². The largest absolute Gasteiger partial charge is 0.493 e. The number of hydrogen-bond donors (Lipinski definition) is 0. The van der Waals surface area contributed by atoms with E-state index in [-0.39, 0.29) is 18.3 Å². The molecule has 0 spiro atoms. The average molecular weight is 460 g/mol. The first kappa shape index (κ1) is 23.0. The molecule has 0 aliphatic heterocycles. The highest BCUT2D eigenvalue weighted by atomic mass is 19.1. The Morgan fingerprint density at radius 3 is 2.24 bits per heavy atom. The van der Waals surface area contributed by atoms with Gasteiger partial charge in [-0.3, -0.25) is 4.79 Å².